The van der Waals surface area contributed by atoms with Crippen molar-refractivity contribution in [1.82, 2.24) is 0 Å². The minimum Gasteiger partial charge on any atom is -0.355 e. The van der Waals surface area contributed by atoms with E-state index in [0.29, 0.717) is 5.56 Å². The zero-order valence-corrected chi connectivity index (χ0v) is 11.0. The van der Waals surface area contributed by atoms with Gasteiger partial charge in [-0.05, 0) is 48.9 Å². The van der Waals surface area contributed by atoms with Crippen molar-refractivity contribution in [3.8, 4) is 6.07 Å². The Hall–Kier alpha value is -1.79. The molecule has 0 radical (unpaired) electrons. The van der Waals surface area contributed by atoms with Gasteiger partial charge >= 0.3 is 0 Å². The van der Waals surface area contributed by atoms with E-state index < -0.39 is 0 Å². The zero-order chi connectivity index (χ0) is 12.3. The molecule has 0 aliphatic rings. The van der Waals surface area contributed by atoms with Gasteiger partial charge in [-0.25, -0.2) is 0 Å². The van der Waals surface area contributed by atoms with E-state index in [4.69, 9.17) is 5.26 Å². The van der Waals surface area contributed by atoms with Gasteiger partial charge in [-0.2, -0.15) is 5.26 Å². The summed E-state index contributed by atoms with van der Waals surface area (Å²) in [6.45, 7) is 2.05. The summed E-state index contributed by atoms with van der Waals surface area (Å²) in [5.41, 5.74) is 3.87. The summed E-state index contributed by atoms with van der Waals surface area (Å²) in [4.78, 5) is 0. The number of hydrogen-bond acceptors (Lipinski definition) is 2. The molecule has 1 N–H and O–H groups in total. The van der Waals surface area contributed by atoms with Gasteiger partial charge in [-0.15, -0.1) is 0 Å². The number of nitriles is 1. The molecule has 0 aromatic heterocycles. The van der Waals surface area contributed by atoms with Gasteiger partial charge in [0.1, 0.15) is 0 Å². The molecular weight excluding hydrogens is 276 g/mol. The Bertz CT molecular complexity index is 568. The normalized spacial score (nSPS) is 9.71. The molecule has 2 aromatic rings. The molecule has 0 spiro atoms. The Labute approximate surface area is 109 Å². The summed E-state index contributed by atoms with van der Waals surface area (Å²) < 4.78 is 1.08. The molecule has 84 valence electrons. The van der Waals surface area contributed by atoms with Gasteiger partial charge in [-0.3, -0.25) is 0 Å². The largest absolute Gasteiger partial charge is 0.355 e. The molecule has 0 aliphatic carbocycles. The van der Waals surface area contributed by atoms with Crippen LogP contribution in [0.5, 0.6) is 0 Å². The van der Waals surface area contributed by atoms with E-state index in [1.807, 2.05) is 30.3 Å². The van der Waals surface area contributed by atoms with Crippen molar-refractivity contribution in [1.29, 1.82) is 5.26 Å². The fourth-order valence-corrected chi connectivity index (χ4v) is 1.89. The zero-order valence-electron chi connectivity index (χ0n) is 9.37. The van der Waals surface area contributed by atoms with Crippen molar-refractivity contribution in [2.75, 3.05) is 5.32 Å². The first-order valence-electron chi connectivity index (χ1n) is 5.23. The first-order valence-corrected chi connectivity index (χ1v) is 6.02. The number of benzene rings is 2. The first kappa shape index (κ1) is 11.7. The molecular formula is C14H11BrN2. The second-order valence-corrected chi connectivity index (χ2v) is 4.58. The summed E-state index contributed by atoms with van der Waals surface area (Å²) in [6.07, 6.45) is 0. The van der Waals surface area contributed by atoms with Crippen LogP contribution in [0.15, 0.2) is 46.9 Å². The van der Waals surface area contributed by atoms with E-state index in [1.54, 1.807) is 12.1 Å². The van der Waals surface area contributed by atoms with Crippen LogP contribution in [0.2, 0.25) is 0 Å². The topological polar surface area (TPSA) is 35.8 Å². The van der Waals surface area contributed by atoms with Crippen molar-refractivity contribution in [3.05, 3.63) is 58.1 Å². The molecule has 0 unspecified atom stereocenters. The fourth-order valence-electron chi connectivity index (χ4n) is 1.53. The number of hydrogen-bond donors (Lipinski definition) is 1. The Morgan fingerprint density at radius 3 is 2.47 bits per heavy atom. The molecule has 0 saturated heterocycles. The van der Waals surface area contributed by atoms with Crippen LogP contribution in [0.25, 0.3) is 0 Å². The monoisotopic (exact) mass is 286 g/mol. The summed E-state index contributed by atoms with van der Waals surface area (Å²) in [5, 5.41) is 12.0. The Balaban J connectivity index is 2.26. The van der Waals surface area contributed by atoms with Gasteiger partial charge in [0.25, 0.3) is 0 Å². The van der Waals surface area contributed by atoms with Crippen molar-refractivity contribution < 1.29 is 0 Å². The van der Waals surface area contributed by atoms with E-state index in [1.165, 1.54) is 0 Å². The Morgan fingerprint density at radius 2 is 1.82 bits per heavy atom. The van der Waals surface area contributed by atoms with Crippen LogP contribution in [0.1, 0.15) is 11.1 Å². The van der Waals surface area contributed by atoms with E-state index >= 15 is 0 Å². The van der Waals surface area contributed by atoms with E-state index in [-0.39, 0.29) is 0 Å². The molecule has 2 rings (SSSR count). The Kier molecular flexibility index (Phi) is 3.46. The average Bonchev–Trinajstić information content (AvgIpc) is 2.36. The second kappa shape index (κ2) is 5.03. The van der Waals surface area contributed by atoms with Gasteiger partial charge in [0.2, 0.25) is 0 Å². The lowest BCUT2D eigenvalue weighted by atomic mass is 10.2. The minimum absolute atomic E-state index is 0.668. The van der Waals surface area contributed by atoms with Crippen LogP contribution in [-0.4, -0.2) is 0 Å². The average molecular weight is 287 g/mol. The number of anilines is 2. The van der Waals surface area contributed by atoms with Crippen molar-refractivity contribution in [2.45, 2.75) is 6.92 Å². The van der Waals surface area contributed by atoms with Crippen LogP contribution in [0, 0.1) is 18.3 Å². The smallest absolute Gasteiger partial charge is 0.0991 e. The molecule has 0 saturated carbocycles. The highest BCUT2D eigenvalue weighted by atomic mass is 79.9. The molecule has 0 atom stereocenters. The molecule has 0 heterocycles. The van der Waals surface area contributed by atoms with Gasteiger partial charge in [0.05, 0.1) is 11.6 Å². The summed E-state index contributed by atoms with van der Waals surface area (Å²) in [7, 11) is 0. The van der Waals surface area contributed by atoms with Gasteiger partial charge < -0.3 is 5.32 Å². The molecule has 0 fully saturated rings. The SMILES string of the molecule is Cc1c(Br)cccc1Nc1ccc(C#N)cc1. The third-order valence-corrected chi connectivity index (χ3v) is 3.42. The standard InChI is InChI=1S/C14H11BrN2/c1-10-13(15)3-2-4-14(10)17-12-7-5-11(9-16)6-8-12/h2-8,17H,1H3. The minimum atomic E-state index is 0.668. The molecule has 17 heavy (non-hydrogen) atoms. The van der Waals surface area contributed by atoms with Crippen LogP contribution in [0.3, 0.4) is 0 Å². The predicted octanol–water partition coefficient (Wildman–Crippen LogP) is 4.37. The van der Waals surface area contributed by atoms with Crippen molar-refractivity contribution in [3.63, 3.8) is 0 Å². The lowest BCUT2D eigenvalue weighted by molar-refractivity contribution is 1.40. The lowest BCUT2D eigenvalue weighted by Gasteiger charge is -2.10. The molecule has 2 nitrogen and oxygen atoms in total. The highest BCUT2D eigenvalue weighted by molar-refractivity contribution is 9.10. The van der Waals surface area contributed by atoms with Crippen molar-refractivity contribution >= 4 is 27.3 Å². The van der Waals surface area contributed by atoms with Crippen LogP contribution < -0.4 is 5.32 Å². The third-order valence-electron chi connectivity index (χ3n) is 2.56. The number of rotatable bonds is 2. The molecule has 0 bridgehead atoms. The first-order chi connectivity index (χ1) is 8.20. The maximum atomic E-state index is 8.72. The second-order valence-electron chi connectivity index (χ2n) is 3.73. The van der Waals surface area contributed by atoms with E-state index in [2.05, 4.69) is 34.2 Å². The molecule has 0 aliphatic heterocycles. The predicted molar refractivity (Wildman–Crippen MR) is 73.3 cm³/mol. The fraction of sp³-hybridized carbons (Fsp3) is 0.0714. The van der Waals surface area contributed by atoms with Crippen LogP contribution in [-0.2, 0) is 0 Å². The highest BCUT2D eigenvalue weighted by Crippen LogP contribution is 2.26. The maximum Gasteiger partial charge on any atom is 0.0991 e. The summed E-state index contributed by atoms with van der Waals surface area (Å²) >= 11 is 3.50. The quantitative estimate of drug-likeness (QED) is 0.890. The molecule has 3 heteroatoms. The highest BCUT2D eigenvalue weighted by Gasteiger charge is 2.01. The number of halogens is 1. The molecule has 0 amide bonds. The molecule has 2 aromatic carbocycles. The number of nitrogens with one attached hydrogen (secondary N) is 1. The lowest BCUT2D eigenvalue weighted by Crippen LogP contribution is -1.93. The summed E-state index contributed by atoms with van der Waals surface area (Å²) in [6, 6.07) is 15.5. The van der Waals surface area contributed by atoms with E-state index in [0.717, 1.165) is 21.4 Å². The van der Waals surface area contributed by atoms with Gasteiger partial charge in [0.15, 0.2) is 0 Å². The van der Waals surface area contributed by atoms with Crippen LogP contribution >= 0.6 is 15.9 Å². The maximum absolute atomic E-state index is 8.72. The van der Waals surface area contributed by atoms with Gasteiger partial charge in [-0.1, -0.05) is 22.0 Å². The summed E-state index contributed by atoms with van der Waals surface area (Å²) in [5.74, 6) is 0. The third kappa shape index (κ3) is 2.66. The van der Waals surface area contributed by atoms with Gasteiger partial charge in [0, 0.05) is 15.8 Å². The number of nitrogens with zero attached hydrogens (tertiary/aromatic N) is 1. The van der Waals surface area contributed by atoms with Crippen molar-refractivity contribution in [2.24, 2.45) is 0 Å². The van der Waals surface area contributed by atoms with Crippen LogP contribution in [0.4, 0.5) is 11.4 Å². The Morgan fingerprint density at radius 1 is 1.12 bits per heavy atom. The van der Waals surface area contributed by atoms with E-state index in [9.17, 15) is 0 Å².